The van der Waals surface area contributed by atoms with E-state index in [4.69, 9.17) is 29.4 Å². The zero-order valence-electron chi connectivity index (χ0n) is 35.3. The summed E-state index contributed by atoms with van der Waals surface area (Å²) in [5.41, 5.74) is 7.13. The Morgan fingerprint density at radius 3 is 2.30 bits per heavy atom. The molecule has 0 aromatic rings. The minimum atomic E-state index is -1.63. The number of cyclic esters (lactones) is 1. The lowest BCUT2D eigenvalue weighted by Gasteiger charge is -2.48. The summed E-state index contributed by atoms with van der Waals surface area (Å²) >= 11 is 0. The number of nitrogens with zero attached hydrogens (tertiary/aromatic N) is 1. The first-order valence-corrected chi connectivity index (χ1v) is 20.9. The average molecular weight is 789 g/mol. The van der Waals surface area contributed by atoms with Crippen molar-refractivity contribution >= 4 is 17.5 Å². The van der Waals surface area contributed by atoms with E-state index in [1.807, 2.05) is 38.7 Å². The van der Waals surface area contributed by atoms with Crippen molar-refractivity contribution in [2.75, 3.05) is 34.4 Å². The molecule has 2 saturated heterocycles. The fourth-order valence-corrected chi connectivity index (χ4v) is 9.57. The predicted molar refractivity (Wildman–Crippen MR) is 214 cm³/mol. The SMILES string of the molecule is C=CC[C@@H]1/C=C(\C)C[C@H](C)C[C@H](OC)[C@H]2OC(N)(C(=O)CN3CCCC[C@H]3C(=O)O[C@H](/C(C)=C/[C@@H]3CC[C@@H](O)[C@H](OC)C3)[C@H](C)[C@@H](O)CC1=O)[C@H](C)C[C@@H]2OC. The van der Waals surface area contributed by atoms with Crippen LogP contribution in [0.15, 0.2) is 36.0 Å². The average Bonchev–Trinajstić information content (AvgIpc) is 3.16. The molecule has 4 aliphatic rings. The smallest absolute Gasteiger partial charge is 0.323 e. The maximum atomic E-state index is 14.4. The summed E-state index contributed by atoms with van der Waals surface area (Å²) in [5, 5.41) is 22.2. The second kappa shape index (κ2) is 21.1. The van der Waals surface area contributed by atoms with Crippen molar-refractivity contribution in [3.63, 3.8) is 0 Å². The van der Waals surface area contributed by atoms with Gasteiger partial charge in [0, 0.05) is 45.5 Å². The van der Waals surface area contributed by atoms with Gasteiger partial charge < -0.3 is 33.9 Å². The molecule has 14 atom stereocenters. The van der Waals surface area contributed by atoms with Crippen LogP contribution in [0, 0.1) is 29.6 Å². The Balaban J connectivity index is 1.74. The van der Waals surface area contributed by atoms with Crippen LogP contribution in [0.5, 0.6) is 0 Å². The molecule has 0 radical (unpaired) electrons. The molecule has 3 aliphatic heterocycles. The number of aliphatic hydroxyl groups is 2. The largest absolute Gasteiger partial charge is 0.456 e. The number of piperidine rings is 1. The first-order chi connectivity index (χ1) is 26.6. The Bertz CT molecular complexity index is 1400. The fourth-order valence-electron chi connectivity index (χ4n) is 9.57. The van der Waals surface area contributed by atoms with E-state index in [1.165, 1.54) is 0 Å². The number of esters is 1. The van der Waals surface area contributed by atoms with Crippen molar-refractivity contribution in [1.82, 2.24) is 4.90 Å². The van der Waals surface area contributed by atoms with E-state index in [2.05, 4.69) is 19.6 Å². The van der Waals surface area contributed by atoms with Crippen molar-refractivity contribution in [2.24, 2.45) is 35.3 Å². The van der Waals surface area contributed by atoms with Gasteiger partial charge in [0.05, 0.1) is 37.1 Å². The van der Waals surface area contributed by atoms with Gasteiger partial charge in [0.2, 0.25) is 0 Å². The maximum absolute atomic E-state index is 14.4. The monoisotopic (exact) mass is 789 g/mol. The number of rotatable bonds is 7. The molecule has 56 heavy (non-hydrogen) atoms. The highest BCUT2D eigenvalue weighted by atomic mass is 16.6. The molecule has 4 N–H and O–H groups in total. The quantitative estimate of drug-likeness (QED) is 0.232. The lowest BCUT2D eigenvalue weighted by atomic mass is 9.81. The van der Waals surface area contributed by atoms with Crippen LogP contribution in [0.4, 0.5) is 0 Å². The highest BCUT2D eigenvalue weighted by Gasteiger charge is 2.52. The lowest BCUT2D eigenvalue weighted by molar-refractivity contribution is -0.233. The molecule has 1 aliphatic carbocycles. The Kier molecular flexibility index (Phi) is 17.5. The molecule has 1 unspecified atom stereocenters. The number of allylic oxidation sites excluding steroid dienone is 4. The third-order valence-corrected chi connectivity index (χ3v) is 13.1. The number of ketones is 2. The Labute approximate surface area is 335 Å². The number of nitrogens with two attached hydrogens (primary N) is 1. The van der Waals surface area contributed by atoms with Gasteiger partial charge in [0.25, 0.3) is 0 Å². The van der Waals surface area contributed by atoms with Crippen molar-refractivity contribution in [3.05, 3.63) is 36.0 Å². The molecular formula is C44H72N2O10. The van der Waals surface area contributed by atoms with E-state index < -0.39 is 60.1 Å². The number of methoxy groups -OCH3 is 3. The number of carbonyl (C=O) groups excluding carboxylic acids is 3. The van der Waals surface area contributed by atoms with Crippen LogP contribution in [0.2, 0.25) is 0 Å². The molecular weight excluding hydrogens is 716 g/mol. The van der Waals surface area contributed by atoms with Gasteiger partial charge in [-0.3, -0.25) is 25.0 Å². The van der Waals surface area contributed by atoms with Gasteiger partial charge in [-0.05, 0) is 95.6 Å². The lowest BCUT2D eigenvalue weighted by Crippen LogP contribution is -2.67. The number of fused-ring (bicyclic) bond motifs is 3. The molecule has 12 nitrogen and oxygen atoms in total. The van der Waals surface area contributed by atoms with Crippen LogP contribution in [0.1, 0.15) is 105 Å². The van der Waals surface area contributed by atoms with E-state index in [0.717, 1.165) is 30.4 Å². The van der Waals surface area contributed by atoms with Gasteiger partial charge in [-0.15, -0.1) is 6.58 Å². The molecule has 3 heterocycles. The van der Waals surface area contributed by atoms with Crippen LogP contribution < -0.4 is 5.73 Å². The summed E-state index contributed by atoms with van der Waals surface area (Å²) in [6.07, 6.45) is 7.66. The van der Waals surface area contributed by atoms with E-state index in [0.29, 0.717) is 51.5 Å². The highest BCUT2D eigenvalue weighted by molar-refractivity contribution is 5.89. The third kappa shape index (κ3) is 11.5. The number of ether oxygens (including phenoxy) is 5. The van der Waals surface area contributed by atoms with E-state index >= 15 is 0 Å². The number of aliphatic hydroxyl groups excluding tert-OH is 2. The standard InChI is InChI=1S/C44H72N2O10/c1-10-13-32-19-26(2)18-27(3)20-38(53-8)42-39(54-9)22-29(5)44(45,56-42)40(50)25-46-17-12-11-14-33(46)43(51)55-41(30(6)35(48)24-36(32)49)28(4)21-31-15-16-34(47)37(23-31)52-7/h10,19,21,27,29-35,37-39,41-42,47-48H,1,11-18,20,22-25,45H2,2-9H3/b26-19+,28-21+/t27-,29+,30+,31-,32+,33-,34+,35-,37+,38-,39-,41+,42+,44?/m0/s1. The summed E-state index contributed by atoms with van der Waals surface area (Å²) in [6.45, 7) is 14.0. The van der Waals surface area contributed by atoms with Gasteiger partial charge in [-0.1, -0.05) is 51.0 Å². The highest BCUT2D eigenvalue weighted by Crippen LogP contribution is 2.38. The summed E-state index contributed by atoms with van der Waals surface area (Å²) in [7, 11) is 4.86. The number of hydrogen-bond acceptors (Lipinski definition) is 12. The van der Waals surface area contributed by atoms with Crippen molar-refractivity contribution in [1.29, 1.82) is 0 Å². The minimum Gasteiger partial charge on any atom is -0.456 e. The summed E-state index contributed by atoms with van der Waals surface area (Å²) in [4.78, 5) is 44.5. The molecule has 0 aromatic heterocycles. The van der Waals surface area contributed by atoms with E-state index in [1.54, 1.807) is 27.4 Å². The zero-order valence-corrected chi connectivity index (χ0v) is 35.3. The van der Waals surface area contributed by atoms with Crippen molar-refractivity contribution in [3.8, 4) is 0 Å². The van der Waals surface area contributed by atoms with Crippen LogP contribution in [0.25, 0.3) is 0 Å². The number of carbonyl (C=O) groups is 3. The van der Waals surface area contributed by atoms with E-state index in [-0.39, 0.29) is 54.5 Å². The first-order valence-electron chi connectivity index (χ1n) is 20.9. The Hall–Kier alpha value is -2.29. The van der Waals surface area contributed by atoms with E-state index in [9.17, 15) is 24.6 Å². The van der Waals surface area contributed by atoms with Gasteiger partial charge in [0.15, 0.2) is 11.5 Å². The second-order valence-electron chi connectivity index (χ2n) is 17.4. The molecule has 0 aromatic carbocycles. The molecule has 12 heteroatoms. The minimum absolute atomic E-state index is 0.0620. The maximum Gasteiger partial charge on any atom is 0.323 e. The van der Waals surface area contributed by atoms with Gasteiger partial charge in [0.1, 0.15) is 24.0 Å². The summed E-state index contributed by atoms with van der Waals surface area (Å²) in [5.74, 6) is -2.21. The molecule has 3 fully saturated rings. The topological polar surface area (TPSA) is 167 Å². The van der Waals surface area contributed by atoms with Crippen LogP contribution in [-0.2, 0) is 38.1 Å². The first kappa shape index (κ1) is 46.4. The predicted octanol–water partition coefficient (Wildman–Crippen LogP) is 5.08. The van der Waals surface area contributed by atoms with Crippen LogP contribution in [0.3, 0.4) is 0 Å². The number of Topliss-reactive ketones (excluding diaryl/α,β-unsaturated/α-hetero) is 2. The summed E-state index contributed by atoms with van der Waals surface area (Å²) in [6, 6.07) is -0.714. The number of hydrogen-bond donors (Lipinski definition) is 3. The van der Waals surface area contributed by atoms with Gasteiger partial charge >= 0.3 is 5.97 Å². The van der Waals surface area contributed by atoms with Crippen LogP contribution in [-0.4, -0.2) is 122 Å². The van der Waals surface area contributed by atoms with Gasteiger partial charge in [-0.2, -0.15) is 0 Å². The third-order valence-electron chi connectivity index (χ3n) is 13.1. The molecule has 318 valence electrons. The molecule has 1 saturated carbocycles. The Morgan fingerprint density at radius 2 is 1.64 bits per heavy atom. The Morgan fingerprint density at radius 1 is 0.964 bits per heavy atom. The molecule has 0 amide bonds. The fraction of sp³-hybridized carbons (Fsp3) is 0.795. The normalized spacial score (nSPS) is 41.8. The summed E-state index contributed by atoms with van der Waals surface area (Å²) < 4.78 is 30.5. The molecule has 0 spiro atoms. The second-order valence-corrected chi connectivity index (χ2v) is 17.4. The van der Waals surface area contributed by atoms with Crippen molar-refractivity contribution < 1.29 is 48.3 Å². The molecule has 2 bridgehead atoms. The van der Waals surface area contributed by atoms with Crippen molar-refractivity contribution in [2.45, 2.75) is 160 Å². The van der Waals surface area contributed by atoms with Crippen LogP contribution >= 0.6 is 0 Å². The molecule has 4 rings (SSSR count). The zero-order chi connectivity index (χ0) is 41.3. The van der Waals surface area contributed by atoms with Gasteiger partial charge in [-0.25, -0.2) is 0 Å².